The summed E-state index contributed by atoms with van der Waals surface area (Å²) in [5.41, 5.74) is 5.99. The Morgan fingerprint density at radius 3 is 2.43 bits per heavy atom. The van der Waals surface area contributed by atoms with Crippen LogP contribution < -0.4 is 11.1 Å². The average Bonchev–Trinajstić information content (AvgIpc) is 2.85. The number of nitrogens with one attached hydrogen (secondary N) is 1. The van der Waals surface area contributed by atoms with Gasteiger partial charge in [0, 0.05) is 31.6 Å². The maximum Gasteiger partial charge on any atom is 0.220 e. The molecule has 7 heteroatoms. The van der Waals surface area contributed by atoms with Crippen LogP contribution in [0, 0.1) is 5.92 Å². The summed E-state index contributed by atoms with van der Waals surface area (Å²) in [7, 11) is -3.09. The first kappa shape index (κ1) is 16.7. The van der Waals surface area contributed by atoms with Gasteiger partial charge in [-0.3, -0.25) is 4.79 Å². The second-order valence-electron chi connectivity index (χ2n) is 6.20. The van der Waals surface area contributed by atoms with Crippen molar-refractivity contribution in [1.82, 2.24) is 9.62 Å². The van der Waals surface area contributed by atoms with Gasteiger partial charge in [-0.1, -0.05) is 6.42 Å². The van der Waals surface area contributed by atoms with Crippen molar-refractivity contribution in [3.63, 3.8) is 0 Å². The maximum atomic E-state index is 12.0. The summed E-state index contributed by atoms with van der Waals surface area (Å²) in [4.78, 5) is 12.0. The van der Waals surface area contributed by atoms with Crippen LogP contribution in [0.1, 0.15) is 45.4 Å². The lowest BCUT2D eigenvalue weighted by Crippen LogP contribution is -2.47. The van der Waals surface area contributed by atoms with Crippen LogP contribution in [-0.4, -0.2) is 49.6 Å². The van der Waals surface area contributed by atoms with E-state index in [-0.39, 0.29) is 23.7 Å². The van der Waals surface area contributed by atoms with Gasteiger partial charge in [0.2, 0.25) is 15.9 Å². The zero-order valence-corrected chi connectivity index (χ0v) is 13.6. The number of amides is 1. The Morgan fingerprint density at radius 2 is 1.90 bits per heavy atom. The van der Waals surface area contributed by atoms with E-state index < -0.39 is 10.0 Å². The van der Waals surface area contributed by atoms with E-state index in [2.05, 4.69) is 5.32 Å². The van der Waals surface area contributed by atoms with E-state index in [4.69, 9.17) is 5.73 Å². The first-order valence-electron chi connectivity index (χ1n) is 7.95. The quantitative estimate of drug-likeness (QED) is 0.769. The molecule has 0 bridgehead atoms. The highest BCUT2D eigenvalue weighted by molar-refractivity contribution is 7.89. The molecule has 2 fully saturated rings. The largest absolute Gasteiger partial charge is 0.353 e. The van der Waals surface area contributed by atoms with E-state index in [0.29, 0.717) is 38.3 Å². The summed E-state index contributed by atoms with van der Waals surface area (Å²) >= 11 is 0. The van der Waals surface area contributed by atoms with Crippen LogP contribution in [0.5, 0.6) is 0 Å². The summed E-state index contributed by atoms with van der Waals surface area (Å²) in [6.45, 7) is 2.67. The first-order chi connectivity index (χ1) is 9.92. The van der Waals surface area contributed by atoms with E-state index in [9.17, 15) is 13.2 Å². The molecule has 0 aromatic carbocycles. The van der Waals surface area contributed by atoms with Gasteiger partial charge in [-0.05, 0) is 38.5 Å². The SMILES string of the molecule is CCS(=O)(=O)N1CCC(NC(=O)C[C@@H]2CCC[C@H]2N)CC1. The van der Waals surface area contributed by atoms with Crippen molar-refractivity contribution in [1.29, 1.82) is 0 Å². The van der Waals surface area contributed by atoms with Crippen LogP contribution in [0.2, 0.25) is 0 Å². The highest BCUT2D eigenvalue weighted by Gasteiger charge is 2.29. The lowest BCUT2D eigenvalue weighted by Gasteiger charge is -2.31. The molecule has 1 amide bonds. The average molecular weight is 317 g/mol. The van der Waals surface area contributed by atoms with E-state index in [0.717, 1.165) is 19.3 Å². The molecule has 2 atom stereocenters. The van der Waals surface area contributed by atoms with Gasteiger partial charge in [-0.2, -0.15) is 0 Å². The monoisotopic (exact) mass is 317 g/mol. The Labute approximate surface area is 127 Å². The Hall–Kier alpha value is -0.660. The minimum absolute atomic E-state index is 0.0640. The second kappa shape index (κ2) is 7.07. The van der Waals surface area contributed by atoms with E-state index in [1.807, 2.05) is 0 Å². The van der Waals surface area contributed by atoms with Crippen molar-refractivity contribution in [3.8, 4) is 0 Å². The minimum atomic E-state index is -3.09. The molecule has 0 unspecified atom stereocenters. The third-order valence-electron chi connectivity index (χ3n) is 4.74. The molecule has 0 aromatic rings. The van der Waals surface area contributed by atoms with Crippen LogP contribution in [0.4, 0.5) is 0 Å². The van der Waals surface area contributed by atoms with Gasteiger partial charge in [-0.15, -0.1) is 0 Å². The standard InChI is InChI=1S/C14H27N3O3S/c1-2-21(19,20)17-8-6-12(7-9-17)16-14(18)10-11-4-3-5-13(11)15/h11-13H,2-10,15H2,1H3,(H,16,18)/t11-,13+/m0/s1. The summed E-state index contributed by atoms with van der Waals surface area (Å²) < 4.78 is 25.1. The molecule has 2 rings (SSSR count). The lowest BCUT2D eigenvalue weighted by molar-refractivity contribution is -0.123. The molecular weight excluding hydrogens is 290 g/mol. The van der Waals surface area contributed by atoms with Crippen molar-refractivity contribution < 1.29 is 13.2 Å². The summed E-state index contributed by atoms with van der Waals surface area (Å²) in [6.07, 6.45) is 5.08. The van der Waals surface area contributed by atoms with Crippen LogP contribution in [0.25, 0.3) is 0 Å². The van der Waals surface area contributed by atoms with E-state index >= 15 is 0 Å². The van der Waals surface area contributed by atoms with Crippen molar-refractivity contribution in [2.75, 3.05) is 18.8 Å². The van der Waals surface area contributed by atoms with Gasteiger partial charge < -0.3 is 11.1 Å². The molecule has 1 saturated heterocycles. The Bertz CT molecular complexity index is 458. The number of rotatable bonds is 5. The number of hydrogen-bond donors (Lipinski definition) is 2. The van der Waals surface area contributed by atoms with Gasteiger partial charge >= 0.3 is 0 Å². The number of carbonyl (C=O) groups excluding carboxylic acids is 1. The predicted molar refractivity (Wildman–Crippen MR) is 82.1 cm³/mol. The molecule has 21 heavy (non-hydrogen) atoms. The normalized spacial score (nSPS) is 28.7. The highest BCUT2D eigenvalue weighted by Crippen LogP contribution is 2.26. The zero-order chi connectivity index (χ0) is 15.5. The molecule has 2 aliphatic rings. The minimum Gasteiger partial charge on any atom is -0.353 e. The highest BCUT2D eigenvalue weighted by atomic mass is 32.2. The fourth-order valence-electron chi connectivity index (χ4n) is 3.30. The number of carbonyl (C=O) groups is 1. The molecular formula is C14H27N3O3S. The maximum absolute atomic E-state index is 12.0. The summed E-state index contributed by atoms with van der Waals surface area (Å²) in [5.74, 6) is 0.517. The molecule has 0 aromatic heterocycles. The van der Waals surface area contributed by atoms with Crippen LogP contribution >= 0.6 is 0 Å². The molecule has 0 spiro atoms. The molecule has 1 saturated carbocycles. The fraction of sp³-hybridized carbons (Fsp3) is 0.929. The summed E-state index contributed by atoms with van der Waals surface area (Å²) in [5, 5.41) is 3.04. The van der Waals surface area contributed by atoms with E-state index in [1.165, 1.54) is 4.31 Å². The van der Waals surface area contributed by atoms with E-state index in [1.54, 1.807) is 6.92 Å². The van der Waals surface area contributed by atoms with Crippen molar-refractivity contribution in [2.24, 2.45) is 11.7 Å². The lowest BCUT2D eigenvalue weighted by atomic mass is 9.99. The number of hydrogen-bond acceptors (Lipinski definition) is 4. The molecule has 122 valence electrons. The number of piperidine rings is 1. The number of nitrogens with two attached hydrogens (primary N) is 1. The predicted octanol–water partition coefficient (Wildman–Crippen LogP) is 0.434. The molecule has 1 heterocycles. The Balaban J connectivity index is 1.74. The Kier molecular flexibility index (Phi) is 5.62. The van der Waals surface area contributed by atoms with Crippen LogP contribution in [-0.2, 0) is 14.8 Å². The smallest absolute Gasteiger partial charge is 0.220 e. The van der Waals surface area contributed by atoms with Crippen LogP contribution in [0.3, 0.4) is 0 Å². The molecule has 3 N–H and O–H groups in total. The second-order valence-corrected chi connectivity index (χ2v) is 8.46. The first-order valence-corrected chi connectivity index (χ1v) is 9.56. The van der Waals surface area contributed by atoms with Gasteiger partial charge in [0.05, 0.1) is 5.75 Å². The molecule has 1 aliphatic heterocycles. The van der Waals surface area contributed by atoms with Gasteiger partial charge in [0.1, 0.15) is 0 Å². The molecule has 1 aliphatic carbocycles. The fourth-order valence-corrected chi connectivity index (χ4v) is 4.44. The summed E-state index contributed by atoms with van der Waals surface area (Å²) in [6, 6.07) is 0.255. The van der Waals surface area contributed by atoms with Crippen molar-refractivity contribution in [3.05, 3.63) is 0 Å². The van der Waals surface area contributed by atoms with Crippen molar-refractivity contribution >= 4 is 15.9 Å². The van der Waals surface area contributed by atoms with Gasteiger partial charge in [0.25, 0.3) is 0 Å². The van der Waals surface area contributed by atoms with Gasteiger partial charge in [0.15, 0.2) is 0 Å². The third kappa shape index (κ3) is 4.40. The zero-order valence-electron chi connectivity index (χ0n) is 12.8. The van der Waals surface area contributed by atoms with Crippen LogP contribution in [0.15, 0.2) is 0 Å². The third-order valence-corrected chi connectivity index (χ3v) is 6.62. The topological polar surface area (TPSA) is 92.5 Å². The number of sulfonamides is 1. The van der Waals surface area contributed by atoms with Crippen molar-refractivity contribution in [2.45, 2.75) is 57.5 Å². The Morgan fingerprint density at radius 1 is 1.24 bits per heavy atom. The number of nitrogens with zero attached hydrogens (tertiary/aromatic N) is 1. The van der Waals surface area contributed by atoms with Gasteiger partial charge in [-0.25, -0.2) is 12.7 Å². The molecule has 0 radical (unpaired) electrons. The molecule has 6 nitrogen and oxygen atoms in total.